The maximum absolute atomic E-state index is 12.2. The van der Waals surface area contributed by atoms with Crippen molar-refractivity contribution in [3.05, 3.63) is 21.9 Å². The highest BCUT2D eigenvalue weighted by Gasteiger charge is 2.27. The first kappa shape index (κ1) is 12.1. The maximum atomic E-state index is 12.2. The monoisotopic (exact) mass is 301 g/mol. The van der Waals surface area contributed by atoms with Crippen LogP contribution in [0.2, 0.25) is 0 Å². The van der Waals surface area contributed by atoms with E-state index < -0.39 is 0 Å². The van der Waals surface area contributed by atoms with E-state index in [0.29, 0.717) is 10.7 Å². The lowest BCUT2D eigenvalue weighted by Crippen LogP contribution is -2.43. The van der Waals surface area contributed by atoms with Gasteiger partial charge in [0.15, 0.2) is 0 Å². The fraction of sp³-hybridized carbons (Fsp3) is 0.583. The Balaban J connectivity index is 2.06. The lowest BCUT2D eigenvalue weighted by atomic mass is 9.99. The molecule has 2 heterocycles. The molecule has 0 aliphatic carbocycles. The highest BCUT2D eigenvalue weighted by Crippen LogP contribution is 2.25. The van der Waals surface area contributed by atoms with E-state index in [2.05, 4.69) is 22.9 Å². The van der Waals surface area contributed by atoms with Crippen LogP contribution in [0.15, 0.2) is 12.1 Å². The summed E-state index contributed by atoms with van der Waals surface area (Å²) in [6.07, 6.45) is 1.09. The molecule has 0 aromatic carbocycles. The first-order chi connectivity index (χ1) is 7.58. The number of hydrogen-bond acceptors (Lipinski definition) is 2. The summed E-state index contributed by atoms with van der Waals surface area (Å²) >= 11 is 5.23. The van der Waals surface area contributed by atoms with Gasteiger partial charge in [-0.25, -0.2) is 0 Å². The van der Waals surface area contributed by atoms with Gasteiger partial charge in [0, 0.05) is 22.8 Å². The van der Waals surface area contributed by atoms with E-state index in [1.165, 1.54) is 4.88 Å². The Morgan fingerprint density at radius 2 is 2.31 bits per heavy atom. The summed E-state index contributed by atoms with van der Waals surface area (Å²) in [6, 6.07) is 3.94. The first-order valence-corrected chi connectivity index (χ1v) is 7.31. The molecule has 1 fully saturated rings. The fourth-order valence-corrected chi connectivity index (χ4v) is 3.36. The van der Waals surface area contributed by atoms with Crippen LogP contribution in [0.25, 0.3) is 0 Å². The van der Waals surface area contributed by atoms with Gasteiger partial charge in [-0.15, -0.1) is 11.3 Å². The number of carbonyl (C=O) groups is 1. The largest absolute Gasteiger partial charge is 0.337 e. The number of likely N-dealkylation sites (tertiary alicyclic amines) is 1. The maximum Gasteiger partial charge on any atom is 0.263 e. The van der Waals surface area contributed by atoms with Crippen LogP contribution in [0.3, 0.4) is 0 Å². The lowest BCUT2D eigenvalue weighted by Gasteiger charge is -2.33. The van der Waals surface area contributed by atoms with Crippen LogP contribution in [0.4, 0.5) is 0 Å². The molecule has 0 N–H and O–H groups in total. The van der Waals surface area contributed by atoms with Gasteiger partial charge in [-0.2, -0.15) is 0 Å². The molecule has 2 atom stereocenters. The second-order valence-electron chi connectivity index (χ2n) is 4.44. The Morgan fingerprint density at radius 3 is 2.88 bits per heavy atom. The third kappa shape index (κ3) is 2.48. The van der Waals surface area contributed by atoms with Crippen molar-refractivity contribution in [2.24, 2.45) is 5.92 Å². The number of thiophene rings is 1. The molecular formula is C12H16BrNOS. The molecule has 88 valence electrons. The van der Waals surface area contributed by atoms with E-state index in [1.807, 2.05) is 24.0 Å². The summed E-state index contributed by atoms with van der Waals surface area (Å²) in [4.78, 5) is 16.6. The SMILES string of the molecule is Cc1ccc(C(=O)N2CCC(C)C(Br)C2)s1. The Morgan fingerprint density at radius 1 is 1.56 bits per heavy atom. The Bertz CT molecular complexity index is 390. The van der Waals surface area contributed by atoms with Gasteiger partial charge < -0.3 is 4.90 Å². The molecule has 1 aromatic heterocycles. The fourth-order valence-electron chi connectivity index (χ4n) is 1.91. The third-order valence-electron chi connectivity index (χ3n) is 3.10. The summed E-state index contributed by atoms with van der Waals surface area (Å²) in [5.74, 6) is 0.851. The number of nitrogens with zero attached hydrogens (tertiary/aromatic N) is 1. The zero-order chi connectivity index (χ0) is 11.7. The minimum absolute atomic E-state index is 0.189. The van der Waals surface area contributed by atoms with E-state index in [0.717, 1.165) is 24.4 Å². The Kier molecular flexibility index (Phi) is 3.70. The molecule has 1 amide bonds. The highest BCUT2D eigenvalue weighted by atomic mass is 79.9. The zero-order valence-corrected chi connectivity index (χ0v) is 12.0. The predicted octanol–water partition coefficient (Wildman–Crippen LogP) is 3.30. The van der Waals surface area contributed by atoms with E-state index in [-0.39, 0.29) is 5.91 Å². The average Bonchev–Trinajstić information content (AvgIpc) is 2.68. The molecular weight excluding hydrogens is 286 g/mol. The van der Waals surface area contributed by atoms with Crippen molar-refractivity contribution < 1.29 is 4.79 Å². The molecule has 2 rings (SSSR count). The van der Waals surface area contributed by atoms with Crippen molar-refractivity contribution >= 4 is 33.2 Å². The van der Waals surface area contributed by atoms with Crippen LogP contribution in [-0.2, 0) is 0 Å². The topological polar surface area (TPSA) is 20.3 Å². The van der Waals surface area contributed by atoms with E-state index >= 15 is 0 Å². The van der Waals surface area contributed by atoms with E-state index in [4.69, 9.17) is 0 Å². The smallest absolute Gasteiger partial charge is 0.263 e. The molecule has 0 radical (unpaired) electrons. The molecule has 2 unspecified atom stereocenters. The van der Waals surface area contributed by atoms with Gasteiger partial charge in [0.25, 0.3) is 5.91 Å². The van der Waals surface area contributed by atoms with Crippen LogP contribution in [0, 0.1) is 12.8 Å². The van der Waals surface area contributed by atoms with Gasteiger partial charge in [-0.05, 0) is 31.4 Å². The molecule has 4 heteroatoms. The predicted molar refractivity (Wildman–Crippen MR) is 71.5 cm³/mol. The van der Waals surface area contributed by atoms with Gasteiger partial charge in [0.2, 0.25) is 0 Å². The number of halogens is 1. The number of hydrogen-bond donors (Lipinski definition) is 0. The van der Waals surface area contributed by atoms with Crippen LogP contribution < -0.4 is 0 Å². The minimum atomic E-state index is 0.189. The van der Waals surface area contributed by atoms with Crippen molar-refractivity contribution in [1.82, 2.24) is 4.90 Å². The van der Waals surface area contributed by atoms with Crippen LogP contribution >= 0.6 is 27.3 Å². The van der Waals surface area contributed by atoms with Crippen LogP contribution in [0.5, 0.6) is 0 Å². The summed E-state index contributed by atoms with van der Waals surface area (Å²) < 4.78 is 0. The second-order valence-corrected chi connectivity index (χ2v) is 6.91. The second kappa shape index (κ2) is 4.88. The van der Waals surface area contributed by atoms with Crippen molar-refractivity contribution in [2.75, 3.05) is 13.1 Å². The standard InChI is InChI=1S/C12H16BrNOS/c1-8-5-6-14(7-10(8)13)12(15)11-4-3-9(2)16-11/h3-4,8,10H,5-7H2,1-2H3. The van der Waals surface area contributed by atoms with Crippen molar-refractivity contribution in [3.8, 4) is 0 Å². The van der Waals surface area contributed by atoms with Crippen LogP contribution in [0.1, 0.15) is 27.9 Å². The molecule has 1 aliphatic rings. The molecule has 1 aliphatic heterocycles. The van der Waals surface area contributed by atoms with Gasteiger partial charge >= 0.3 is 0 Å². The minimum Gasteiger partial charge on any atom is -0.337 e. The van der Waals surface area contributed by atoms with Crippen molar-refractivity contribution in [1.29, 1.82) is 0 Å². The van der Waals surface area contributed by atoms with Gasteiger partial charge in [-0.3, -0.25) is 4.79 Å². The first-order valence-electron chi connectivity index (χ1n) is 5.57. The molecule has 0 bridgehead atoms. The number of alkyl halides is 1. The summed E-state index contributed by atoms with van der Waals surface area (Å²) in [5.41, 5.74) is 0. The van der Waals surface area contributed by atoms with Gasteiger partial charge in [0.05, 0.1) is 4.88 Å². The number of piperidine rings is 1. The zero-order valence-electron chi connectivity index (χ0n) is 9.57. The van der Waals surface area contributed by atoms with Crippen molar-refractivity contribution in [3.63, 3.8) is 0 Å². The Hall–Kier alpha value is -0.350. The molecule has 0 saturated carbocycles. The summed E-state index contributed by atoms with van der Waals surface area (Å²) in [7, 11) is 0. The average molecular weight is 302 g/mol. The summed E-state index contributed by atoms with van der Waals surface area (Å²) in [5, 5.41) is 0. The van der Waals surface area contributed by atoms with E-state index in [1.54, 1.807) is 11.3 Å². The molecule has 1 aromatic rings. The number of rotatable bonds is 1. The molecule has 16 heavy (non-hydrogen) atoms. The number of amides is 1. The normalized spacial score (nSPS) is 25.8. The molecule has 0 spiro atoms. The lowest BCUT2D eigenvalue weighted by molar-refractivity contribution is 0.0711. The molecule has 2 nitrogen and oxygen atoms in total. The summed E-state index contributed by atoms with van der Waals surface area (Å²) in [6.45, 7) is 5.99. The van der Waals surface area contributed by atoms with Gasteiger partial charge in [0.1, 0.15) is 0 Å². The quantitative estimate of drug-likeness (QED) is 0.729. The van der Waals surface area contributed by atoms with Crippen LogP contribution in [-0.4, -0.2) is 28.7 Å². The van der Waals surface area contributed by atoms with E-state index in [9.17, 15) is 4.79 Å². The van der Waals surface area contributed by atoms with Crippen molar-refractivity contribution in [2.45, 2.75) is 25.1 Å². The number of carbonyl (C=O) groups excluding carboxylic acids is 1. The highest BCUT2D eigenvalue weighted by molar-refractivity contribution is 9.09. The Labute approximate surface area is 109 Å². The molecule has 1 saturated heterocycles. The number of aryl methyl sites for hydroxylation is 1. The van der Waals surface area contributed by atoms with Gasteiger partial charge in [-0.1, -0.05) is 22.9 Å². The third-order valence-corrected chi connectivity index (χ3v) is 5.29.